The minimum Gasteiger partial charge on any atom is -0.234 e. The molecule has 0 saturated carbocycles. The zero-order valence-corrected chi connectivity index (χ0v) is 7.94. The number of rotatable bonds is 2. The lowest BCUT2D eigenvalue weighted by Gasteiger charge is -1.93. The van der Waals surface area contributed by atoms with Gasteiger partial charge in [-0.2, -0.15) is 5.10 Å². The molecule has 0 saturated heterocycles. The third kappa shape index (κ3) is 1.44. The number of halogens is 1. The monoisotopic (exact) mass is 218 g/mol. The van der Waals surface area contributed by atoms with E-state index in [1.807, 2.05) is 12.3 Å². The van der Waals surface area contributed by atoms with Crippen LogP contribution in [-0.2, 0) is 0 Å². The summed E-state index contributed by atoms with van der Waals surface area (Å²) in [6.07, 6.45) is 3.68. The third-order valence-corrected chi connectivity index (χ3v) is 2.16. The summed E-state index contributed by atoms with van der Waals surface area (Å²) in [6.45, 7) is 3.62. The minimum atomic E-state index is 0.844. The number of thioether (sulfide) groups is 1. The summed E-state index contributed by atoms with van der Waals surface area (Å²) in [7, 11) is 0. The van der Waals surface area contributed by atoms with Gasteiger partial charge in [-0.05, 0) is 22.2 Å². The van der Waals surface area contributed by atoms with Crippen LogP contribution in [0.4, 0.5) is 0 Å². The van der Waals surface area contributed by atoms with Crippen LogP contribution in [0.3, 0.4) is 0 Å². The van der Waals surface area contributed by atoms with E-state index >= 15 is 0 Å². The second kappa shape index (κ2) is 3.25. The van der Waals surface area contributed by atoms with Crippen molar-refractivity contribution < 1.29 is 0 Å². The van der Waals surface area contributed by atoms with Crippen molar-refractivity contribution in [2.45, 2.75) is 5.03 Å². The van der Waals surface area contributed by atoms with E-state index in [0.29, 0.717) is 0 Å². The van der Waals surface area contributed by atoms with Gasteiger partial charge in [0.25, 0.3) is 0 Å². The van der Waals surface area contributed by atoms with Crippen LogP contribution in [-0.4, -0.2) is 16.0 Å². The van der Waals surface area contributed by atoms with Gasteiger partial charge in [0.05, 0.1) is 0 Å². The lowest BCUT2D eigenvalue weighted by atomic mass is 10.7. The van der Waals surface area contributed by atoms with Gasteiger partial charge in [-0.1, -0.05) is 6.58 Å². The van der Waals surface area contributed by atoms with Crippen LogP contribution in [0.25, 0.3) is 6.20 Å². The molecule has 1 heterocycles. The van der Waals surface area contributed by atoms with Crippen molar-refractivity contribution in [3.05, 3.63) is 17.2 Å². The Balaban J connectivity index is 3.08. The average Bonchev–Trinajstić information content (AvgIpc) is 2.30. The Hall–Kier alpha value is -0.220. The minimum absolute atomic E-state index is 0.844. The Labute approximate surface area is 72.4 Å². The highest BCUT2D eigenvalue weighted by Gasteiger charge is 1.99. The van der Waals surface area contributed by atoms with Crippen LogP contribution < -0.4 is 0 Å². The van der Waals surface area contributed by atoms with E-state index in [9.17, 15) is 0 Å². The first kappa shape index (κ1) is 7.88. The average molecular weight is 219 g/mol. The fourth-order valence-electron chi connectivity index (χ4n) is 0.632. The summed E-state index contributed by atoms with van der Waals surface area (Å²) in [6, 6.07) is 1.95. The molecule has 4 heteroatoms. The highest BCUT2D eigenvalue weighted by Crippen LogP contribution is 2.19. The zero-order chi connectivity index (χ0) is 7.56. The number of hydrogen-bond donors (Lipinski definition) is 0. The standard InChI is InChI=1S/C6H7BrN2S/c1-3-9-6(10-2)4-5(7)8-9/h3-4H,1H2,2H3. The predicted molar refractivity (Wildman–Crippen MR) is 48.1 cm³/mol. The molecule has 0 atom stereocenters. The molecule has 0 spiro atoms. The van der Waals surface area contributed by atoms with Crippen molar-refractivity contribution in [1.29, 1.82) is 0 Å². The van der Waals surface area contributed by atoms with E-state index in [2.05, 4.69) is 27.6 Å². The number of hydrogen-bond acceptors (Lipinski definition) is 2. The highest BCUT2D eigenvalue weighted by molar-refractivity contribution is 9.10. The lowest BCUT2D eigenvalue weighted by molar-refractivity contribution is 0.848. The maximum absolute atomic E-state index is 4.09. The van der Waals surface area contributed by atoms with Gasteiger partial charge < -0.3 is 0 Å². The van der Waals surface area contributed by atoms with Crippen LogP contribution in [0.2, 0.25) is 0 Å². The molecule has 1 rings (SSSR count). The zero-order valence-electron chi connectivity index (χ0n) is 5.54. The Morgan fingerprint density at radius 2 is 2.60 bits per heavy atom. The first-order chi connectivity index (χ1) is 4.77. The fourth-order valence-corrected chi connectivity index (χ4v) is 1.70. The topological polar surface area (TPSA) is 17.8 Å². The second-order valence-corrected chi connectivity index (χ2v) is 3.28. The molecule has 1 aromatic heterocycles. The summed E-state index contributed by atoms with van der Waals surface area (Å²) in [4.78, 5) is 0. The normalized spacial score (nSPS) is 9.80. The van der Waals surface area contributed by atoms with Crippen molar-refractivity contribution >= 4 is 33.9 Å². The smallest absolute Gasteiger partial charge is 0.129 e. The van der Waals surface area contributed by atoms with Gasteiger partial charge in [0.15, 0.2) is 0 Å². The van der Waals surface area contributed by atoms with Crippen molar-refractivity contribution in [2.75, 3.05) is 6.26 Å². The number of aromatic nitrogens is 2. The molecule has 1 aromatic rings. The third-order valence-electron chi connectivity index (χ3n) is 1.05. The predicted octanol–water partition coefficient (Wildman–Crippen LogP) is 2.47. The van der Waals surface area contributed by atoms with Crippen LogP contribution in [0, 0.1) is 0 Å². The molecular formula is C6H7BrN2S. The maximum atomic E-state index is 4.09. The van der Waals surface area contributed by atoms with E-state index in [4.69, 9.17) is 0 Å². The van der Waals surface area contributed by atoms with Gasteiger partial charge in [-0.25, -0.2) is 4.68 Å². The molecule has 0 fully saturated rings. The molecule has 0 aliphatic rings. The lowest BCUT2D eigenvalue weighted by Crippen LogP contribution is -1.88. The van der Waals surface area contributed by atoms with Gasteiger partial charge >= 0.3 is 0 Å². The van der Waals surface area contributed by atoms with Crippen LogP contribution in [0.5, 0.6) is 0 Å². The molecule has 0 unspecified atom stereocenters. The van der Waals surface area contributed by atoms with Crippen molar-refractivity contribution in [2.24, 2.45) is 0 Å². The second-order valence-electron chi connectivity index (χ2n) is 1.64. The van der Waals surface area contributed by atoms with Gasteiger partial charge in [-0.15, -0.1) is 11.8 Å². The van der Waals surface area contributed by atoms with Gasteiger partial charge in [0, 0.05) is 12.3 Å². The maximum Gasteiger partial charge on any atom is 0.129 e. The first-order valence-electron chi connectivity index (χ1n) is 2.69. The Kier molecular flexibility index (Phi) is 2.56. The molecule has 0 aromatic carbocycles. The largest absolute Gasteiger partial charge is 0.234 e. The first-order valence-corrected chi connectivity index (χ1v) is 4.71. The molecule has 0 aliphatic carbocycles. The molecule has 0 N–H and O–H groups in total. The molecule has 0 bridgehead atoms. The Bertz CT molecular complexity index is 244. The quantitative estimate of drug-likeness (QED) is 0.711. The molecular weight excluding hydrogens is 212 g/mol. The van der Waals surface area contributed by atoms with E-state index < -0.39 is 0 Å². The van der Waals surface area contributed by atoms with E-state index in [0.717, 1.165) is 9.63 Å². The molecule has 2 nitrogen and oxygen atoms in total. The van der Waals surface area contributed by atoms with Crippen LogP contribution >= 0.6 is 27.7 Å². The summed E-state index contributed by atoms with van der Waals surface area (Å²) >= 11 is 4.91. The number of nitrogens with zero attached hydrogens (tertiary/aromatic N) is 2. The molecule has 10 heavy (non-hydrogen) atoms. The summed E-state index contributed by atoms with van der Waals surface area (Å²) in [5.74, 6) is 0. The van der Waals surface area contributed by atoms with Crippen molar-refractivity contribution in [3.8, 4) is 0 Å². The summed E-state index contributed by atoms with van der Waals surface area (Å²) in [5, 5.41) is 5.18. The van der Waals surface area contributed by atoms with Crippen molar-refractivity contribution in [3.63, 3.8) is 0 Å². The fraction of sp³-hybridized carbons (Fsp3) is 0.167. The molecule has 0 aliphatic heterocycles. The van der Waals surface area contributed by atoms with Crippen LogP contribution in [0.15, 0.2) is 22.3 Å². The summed E-state index contributed by atoms with van der Waals surface area (Å²) in [5.41, 5.74) is 0. The van der Waals surface area contributed by atoms with Crippen molar-refractivity contribution in [1.82, 2.24) is 9.78 Å². The van der Waals surface area contributed by atoms with E-state index in [-0.39, 0.29) is 0 Å². The SMILES string of the molecule is C=Cn1nc(Br)cc1SC. The molecule has 0 amide bonds. The molecule has 54 valence electrons. The van der Waals surface area contributed by atoms with E-state index in [1.54, 1.807) is 22.6 Å². The molecule has 0 radical (unpaired) electrons. The van der Waals surface area contributed by atoms with Gasteiger partial charge in [0.1, 0.15) is 9.63 Å². The Morgan fingerprint density at radius 3 is 3.00 bits per heavy atom. The summed E-state index contributed by atoms with van der Waals surface area (Å²) < 4.78 is 2.58. The van der Waals surface area contributed by atoms with E-state index in [1.165, 1.54) is 0 Å². The van der Waals surface area contributed by atoms with Crippen LogP contribution in [0.1, 0.15) is 0 Å². The van der Waals surface area contributed by atoms with Gasteiger partial charge in [0.2, 0.25) is 0 Å². The Morgan fingerprint density at radius 1 is 1.90 bits per heavy atom. The van der Waals surface area contributed by atoms with Gasteiger partial charge in [-0.3, -0.25) is 0 Å². The highest BCUT2D eigenvalue weighted by atomic mass is 79.9.